The van der Waals surface area contributed by atoms with Crippen molar-refractivity contribution in [1.82, 2.24) is 0 Å². The van der Waals surface area contributed by atoms with E-state index in [1.165, 1.54) is 14.2 Å². The SMILES string of the molecule is CCCCOc1cc(/C=C(\OC)C(=O)OC)ccc1C. The Morgan fingerprint density at radius 1 is 1.25 bits per heavy atom. The summed E-state index contributed by atoms with van der Waals surface area (Å²) in [5.74, 6) is 0.491. The number of rotatable bonds is 7. The number of carbonyl (C=O) groups excluding carboxylic acids is 1. The highest BCUT2D eigenvalue weighted by molar-refractivity contribution is 5.91. The Morgan fingerprint density at radius 2 is 2.00 bits per heavy atom. The lowest BCUT2D eigenvalue weighted by Crippen LogP contribution is -2.06. The molecule has 1 aromatic carbocycles. The number of benzene rings is 1. The molecule has 0 aliphatic rings. The highest BCUT2D eigenvalue weighted by Gasteiger charge is 2.10. The first-order chi connectivity index (χ1) is 9.62. The van der Waals surface area contributed by atoms with Gasteiger partial charge in [0.15, 0.2) is 0 Å². The predicted octanol–water partition coefficient (Wildman–Crippen LogP) is 3.33. The Balaban J connectivity index is 2.93. The molecule has 20 heavy (non-hydrogen) atoms. The summed E-state index contributed by atoms with van der Waals surface area (Å²) in [6.45, 7) is 4.81. The Bertz CT molecular complexity index is 477. The van der Waals surface area contributed by atoms with Gasteiger partial charge >= 0.3 is 5.97 Å². The molecule has 0 spiro atoms. The van der Waals surface area contributed by atoms with Crippen LogP contribution in [0.4, 0.5) is 0 Å². The molecule has 0 saturated carbocycles. The largest absolute Gasteiger partial charge is 0.493 e. The van der Waals surface area contributed by atoms with Crippen molar-refractivity contribution in [3.8, 4) is 5.75 Å². The van der Waals surface area contributed by atoms with Crippen molar-refractivity contribution in [1.29, 1.82) is 0 Å². The molecule has 4 nitrogen and oxygen atoms in total. The van der Waals surface area contributed by atoms with E-state index in [2.05, 4.69) is 11.7 Å². The molecule has 110 valence electrons. The molecule has 0 amide bonds. The first-order valence-corrected chi connectivity index (χ1v) is 6.69. The first-order valence-electron chi connectivity index (χ1n) is 6.69. The fourth-order valence-electron chi connectivity index (χ4n) is 1.64. The van der Waals surface area contributed by atoms with Gasteiger partial charge in [-0.15, -0.1) is 0 Å². The molecule has 0 N–H and O–H groups in total. The minimum absolute atomic E-state index is 0.163. The van der Waals surface area contributed by atoms with Crippen LogP contribution in [0.15, 0.2) is 24.0 Å². The highest BCUT2D eigenvalue weighted by Crippen LogP contribution is 2.22. The summed E-state index contributed by atoms with van der Waals surface area (Å²) in [5, 5.41) is 0. The number of methoxy groups -OCH3 is 2. The van der Waals surface area contributed by atoms with E-state index in [0.29, 0.717) is 6.61 Å². The molecule has 0 aliphatic carbocycles. The molecule has 4 heteroatoms. The quantitative estimate of drug-likeness (QED) is 0.332. The number of esters is 1. The van der Waals surface area contributed by atoms with Gasteiger partial charge in [-0.05, 0) is 36.6 Å². The van der Waals surface area contributed by atoms with Crippen LogP contribution in [-0.4, -0.2) is 26.8 Å². The van der Waals surface area contributed by atoms with Crippen molar-refractivity contribution < 1.29 is 19.0 Å². The van der Waals surface area contributed by atoms with Gasteiger partial charge in [-0.2, -0.15) is 0 Å². The van der Waals surface area contributed by atoms with Gasteiger partial charge in [-0.1, -0.05) is 25.5 Å². The van der Waals surface area contributed by atoms with Gasteiger partial charge in [-0.25, -0.2) is 4.79 Å². The lowest BCUT2D eigenvalue weighted by molar-refractivity contribution is -0.139. The van der Waals surface area contributed by atoms with E-state index in [4.69, 9.17) is 9.47 Å². The maximum atomic E-state index is 11.5. The minimum atomic E-state index is -0.499. The lowest BCUT2D eigenvalue weighted by atomic mass is 10.1. The lowest BCUT2D eigenvalue weighted by Gasteiger charge is -2.10. The number of hydrogen-bond donors (Lipinski definition) is 0. The summed E-state index contributed by atoms with van der Waals surface area (Å²) in [4.78, 5) is 11.5. The number of unbranched alkanes of at least 4 members (excludes halogenated alkanes) is 1. The third-order valence-corrected chi connectivity index (χ3v) is 2.87. The molecular weight excluding hydrogens is 256 g/mol. The molecule has 0 saturated heterocycles. The van der Waals surface area contributed by atoms with E-state index in [1.54, 1.807) is 6.08 Å². The van der Waals surface area contributed by atoms with E-state index < -0.39 is 5.97 Å². The van der Waals surface area contributed by atoms with Crippen LogP contribution in [0, 0.1) is 6.92 Å². The van der Waals surface area contributed by atoms with Crippen LogP contribution in [0.25, 0.3) is 6.08 Å². The summed E-state index contributed by atoms with van der Waals surface area (Å²) in [5.41, 5.74) is 1.90. The normalized spacial score (nSPS) is 11.1. The molecular formula is C16H22O4. The fourth-order valence-corrected chi connectivity index (χ4v) is 1.64. The van der Waals surface area contributed by atoms with Crippen molar-refractivity contribution in [2.24, 2.45) is 0 Å². The average molecular weight is 278 g/mol. The zero-order valence-electron chi connectivity index (χ0n) is 12.6. The van der Waals surface area contributed by atoms with E-state index in [1.807, 2.05) is 25.1 Å². The van der Waals surface area contributed by atoms with Crippen LogP contribution in [0.5, 0.6) is 5.75 Å². The van der Waals surface area contributed by atoms with Crippen molar-refractivity contribution in [3.63, 3.8) is 0 Å². The second kappa shape index (κ2) is 8.25. The van der Waals surface area contributed by atoms with Crippen LogP contribution in [0.1, 0.15) is 30.9 Å². The fraction of sp³-hybridized carbons (Fsp3) is 0.438. The van der Waals surface area contributed by atoms with Crippen LogP contribution in [0.3, 0.4) is 0 Å². The summed E-state index contributed by atoms with van der Waals surface area (Å²) in [6, 6.07) is 5.76. The van der Waals surface area contributed by atoms with Gasteiger partial charge in [0.1, 0.15) is 5.75 Å². The Kier molecular flexibility index (Phi) is 6.64. The average Bonchev–Trinajstić information content (AvgIpc) is 2.47. The Labute approximate surface area is 120 Å². The van der Waals surface area contributed by atoms with Crippen molar-refractivity contribution in [2.75, 3.05) is 20.8 Å². The zero-order valence-corrected chi connectivity index (χ0v) is 12.6. The second-order valence-electron chi connectivity index (χ2n) is 4.43. The van der Waals surface area contributed by atoms with Crippen LogP contribution in [0.2, 0.25) is 0 Å². The zero-order chi connectivity index (χ0) is 15.0. The van der Waals surface area contributed by atoms with Crippen molar-refractivity contribution in [2.45, 2.75) is 26.7 Å². The number of ether oxygens (including phenoxy) is 3. The molecule has 0 unspecified atom stereocenters. The summed E-state index contributed by atoms with van der Waals surface area (Å²) < 4.78 is 15.4. The van der Waals surface area contributed by atoms with E-state index >= 15 is 0 Å². The van der Waals surface area contributed by atoms with E-state index in [-0.39, 0.29) is 5.76 Å². The highest BCUT2D eigenvalue weighted by atomic mass is 16.6. The third-order valence-electron chi connectivity index (χ3n) is 2.87. The molecule has 0 fully saturated rings. The van der Waals surface area contributed by atoms with Crippen LogP contribution in [-0.2, 0) is 14.3 Å². The summed E-state index contributed by atoms with van der Waals surface area (Å²) in [6.07, 6.45) is 3.75. The standard InChI is InChI=1S/C16H22O4/c1-5-6-9-20-14-10-13(8-7-12(14)2)11-15(18-3)16(17)19-4/h7-8,10-11H,5-6,9H2,1-4H3/b15-11-. The molecule has 0 bridgehead atoms. The van der Waals surface area contributed by atoms with E-state index in [9.17, 15) is 4.79 Å². The number of aryl methyl sites for hydroxylation is 1. The maximum absolute atomic E-state index is 11.5. The Morgan fingerprint density at radius 3 is 2.60 bits per heavy atom. The third kappa shape index (κ3) is 4.61. The molecule has 0 aliphatic heterocycles. The summed E-state index contributed by atoms with van der Waals surface area (Å²) in [7, 11) is 2.76. The Hall–Kier alpha value is -1.97. The van der Waals surface area contributed by atoms with Gasteiger partial charge in [0.05, 0.1) is 20.8 Å². The minimum Gasteiger partial charge on any atom is -0.493 e. The van der Waals surface area contributed by atoms with Crippen molar-refractivity contribution >= 4 is 12.0 Å². The maximum Gasteiger partial charge on any atom is 0.373 e. The first kappa shape index (κ1) is 16.1. The van der Waals surface area contributed by atoms with Crippen LogP contribution >= 0.6 is 0 Å². The molecule has 1 aromatic rings. The monoisotopic (exact) mass is 278 g/mol. The topological polar surface area (TPSA) is 44.8 Å². The smallest absolute Gasteiger partial charge is 0.373 e. The predicted molar refractivity (Wildman–Crippen MR) is 78.6 cm³/mol. The van der Waals surface area contributed by atoms with Crippen LogP contribution < -0.4 is 4.74 Å². The van der Waals surface area contributed by atoms with E-state index in [0.717, 1.165) is 29.7 Å². The van der Waals surface area contributed by atoms with Gasteiger partial charge in [0.25, 0.3) is 0 Å². The van der Waals surface area contributed by atoms with Gasteiger partial charge in [0, 0.05) is 0 Å². The van der Waals surface area contributed by atoms with Crippen molar-refractivity contribution in [3.05, 3.63) is 35.1 Å². The van der Waals surface area contributed by atoms with Gasteiger partial charge < -0.3 is 14.2 Å². The number of carbonyl (C=O) groups is 1. The number of hydrogen-bond acceptors (Lipinski definition) is 4. The van der Waals surface area contributed by atoms with Gasteiger partial charge in [0.2, 0.25) is 5.76 Å². The molecule has 0 atom stereocenters. The molecule has 0 aromatic heterocycles. The van der Waals surface area contributed by atoms with Gasteiger partial charge in [-0.3, -0.25) is 0 Å². The second-order valence-corrected chi connectivity index (χ2v) is 4.43. The molecule has 1 rings (SSSR count). The molecule has 0 heterocycles. The summed E-state index contributed by atoms with van der Waals surface area (Å²) >= 11 is 0. The molecule has 0 radical (unpaired) electrons.